The lowest BCUT2D eigenvalue weighted by Gasteiger charge is -2.28. The van der Waals surface area contributed by atoms with E-state index in [9.17, 15) is 4.79 Å². The van der Waals surface area contributed by atoms with E-state index in [1.807, 2.05) is 14.0 Å². The molecule has 4 nitrogen and oxygen atoms in total. The summed E-state index contributed by atoms with van der Waals surface area (Å²) < 4.78 is 6.92. The van der Waals surface area contributed by atoms with Crippen LogP contribution < -0.4 is 5.32 Å². The van der Waals surface area contributed by atoms with Gasteiger partial charge in [-0.1, -0.05) is 0 Å². The number of nitrogens with one attached hydrogen (secondary N) is 1. The molecule has 0 radical (unpaired) electrons. The number of rotatable bonds is 2. The molecule has 1 aliphatic heterocycles. The van der Waals surface area contributed by atoms with Crippen molar-refractivity contribution >= 4 is 5.97 Å². The first kappa shape index (κ1) is 11.2. The maximum Gasteiger partial charge on any atom is 0.340 e. The zero-order chi connectivity index (χ0) is 11.9. The maximum atomic E-state index is 11.8. The molecule has 2 rings (SSSR count). The van der Waals surface area contributed by atoms with Crippen LogP contribution in [0.1, 0.15) is 39.8 Å². The standard InChI is InChI=1S/C12H18N2O2/c1-7-10(9-5-6-13-9)11(12(15)16-4)8(2)14(7)3/h9,13H,5-6H2,1-4H3. The molecule has 1 fully saturated rings. The van der Waals surface area contributed by atoms with E-state index >= 15 is 0 Å². The van der Waals surface area contributed by atoms with Crippen LogP contribution in [0.15, 0.2) is 0 Å². The number of carbonyl (C=O) groups excluding carboxylic acids is 1. The summed E-state index contributed by atoms with van der Waals surface area (Å²) in [5.41, 5.74) is 3.97. The lowest BCUT2D eigenvalue weighted by molar-refractivity contribution is 0.0597. The molecule has 0 bridgehead atoms. The highest BCUT2D eigenvalue weighted by Gasteiger charge is 2.30. The molecule has 4 heteroatoms. The topological polar surface area (TPSA) is 43.3 Å². The van der Waals surface area contributed by atoms with E-state index in [-0.39, 0.29) is 5.97 Å². The minimum atomic E-state index is -0.232. The number of methoxy groups -OCH3 is 1. The molecule has 0 amide bonds. The van der Waals surface area contributed by atoms with Gasteiger partial charge in [0.2, 0.25) is 0 Å². The Bertz CT molecular complexity index is 431. The summed E-state index contributed by atoms with van der Waals surface area (Å²) in [5.74, 6) is -0.232. The maximum absolute atomic E-state index is 11.8. The summed E-state index contributed by atoms with van der Waals surface area (Å²) in [6.45, 7) is 5.04. The second-order valence-electron chi connectivity index (χ2n) is 4.31. The van der Waals surface area contributed by atoms with Gasteiger partial charge in [0.1, 0.15) is 0 Å². The van der Waals surface area contributed by atoms with Crippen LogP contribution in [-0.4, -0.2) is 24.2 Å². The monoisotopic (exact) mass is 222 g/mol. The van der Waals surface area contributed by atoms with Crippen LogP contribution in [0.3, 0.4) is 0 Å². The van der Waals surface area contributed by atoms with E-state index in [2.05, 4.69) is 16.8 Å². The fraction of sp³-hybridized carbons (Fsp3) is 0.583. The predicted octanol–water partition coefficient (Wildman–Crippen LogP) is 1.46. The van der Waals surface area contributed by atoms with Gasteiger partial charge in [0.25, 0.3) is 0 Å². The zero-order valence-corrected chi connectivity index (χ0v) is 10.3. The molecule has 1 saturated heterocycles. The lowest BCUT2D eigenvalue weighted by Crippen LogP contribution is -2.36. The highest BCUT2D eigenvalue weighted by molar-refractivity contribution is 5.93. The molecule has 0 aliphatic carbocycles. The van der Waals surface area contributed by atoms with Crippen molar-refractivity contribution < 1.29 is 9.53 Å². The van der Waals surface area contributed by atoms with Crippen molar-refractivity contribution in [2.75, 3.05) is 13.7 Å². The average Bonchev–Trinajstić information content (AvgIpc) is 2.41. The Hall–Kier alpha value is -1.29. The third kappa shape index (κ3) is 1.45. The Balaban J connectivity index is 2.55. The second kappa shape index (κ2) is 3.94. The van der Waals surface area contributed by atoms with Crippen LogP contribution in [0.2, 0.25) is 0 Å². The number of nitrogens with zero attached hydrogens (tertiary/aromatic N) is 1. The van der Waals surface area contributed by atoms with E-state index in [0.717, 1.165) is 35.5 Å². The first-order valence-corrected chi connectivity index (χ1v) is 5.55. The van der Waals surface area contributed by atoms with Gasteiger partial charge < -0.3 is 14.6 Å². The second-order valence-corrected chi connectivity index (χ2v) is 4.31. The molecule has 1 N–H and O–H groups in total. The van der Waals surface area contributed by atoms with Gasteiger partial charge in [0.15, 0.2) is 0 Å². The van der Waals surface area contributed by atoms with Gasteiger partial charge in [0, 0.05) is 30.0 Å². The van der Waals surface area contributed by atoms with Crippen molar-refractivity contribution in [2.24, 2.45) is 7.05 Å². The van der Waals surface area contributed by atoms with Crippen molar-refractivity contribution in [3.8, 4) is 0 Å². The van der Waals surface area contributed by atoms with Gasteiger partial charge in [-0.25, -0.2) is 4.79 Å². The van der Waals surface area contributed by atoms with Crippen LogP contribution in [0.4, 0.5) is 0 Å². The molecule has 1 aromatic rings. The van der Waals surface area contributed by atoms with Gasteiger partial charge in [-0.2, -0.15) is 0 Å². The predicted molar refractivity (Wildman–Crippen MR) is 61.6 cm³/mol. The van der Waals surface area contributed by atoms with Gasteiger partial charge in [-0.15, -0.1) is 0 Å². The molecule has 16 heavy (non-hydrogen) atoms. The first-order valence-electron chi connectivity index (χ1n) is 5.55. The van der Waals surface area contributed by atoms with Crippen molar-refractivity contribution in [1.82, 2.24) is 9.88 Å². The van der Waals surface area contributed by atoms with Crippen LogP contribution in [0.25, 0.3) is 0 Å². The molecule has 1 aliphatic rings. The molecule has 1 unspecified atom stereocenters. The first-order chi connectivity index (χ1) is 7.57. The summed E-state index contributed by atoms with van der Waals surface area (Å²) in [6, 6.07) is 0.314. The highest BCUT2D eigenvalue weighted by Crippen LogP contribution is 2.32. The molecule has 2 heterocycles. The van der Waals surface area contributed by atoms with Crippen LogP contribution in [-0.2, 0) is 11.8 Å². The molecular formula is C12H18N2O2. The molecule has 88 valence electrons. The van der Waals surface area contributed by atoms with Crippen LogP contribution in [0, 0.1) is 13.8 Å². The minimum Gasteiger partial charge on any atom is -0.465 e. The summed E-state index contributed by atoms with van der Waals surface area (Å²) in [6.07, 6.45) is 1.09. The zero-order valence-electron chi connectivity index (χ0n) is 10.3. The number of carbonyl (C=O) groups is 1. The van der Waals surface area contributed by atoms with Gasteiger partial charge in [-0.05, 0) is 26.8 Å². The smallest absolute Gasteiger partial charge is 0.340 e. The van der Waals surface area contributed by atoms with Crippen molar-refractivity contribution in [1.29, 1.82) is 0 Å². The summed E-state index contributed by atoms with van der Waals surface area (Å²) in [7, 11) is 3.42. The Labute approximate surface area is 95.6 Å². The van der Waals surface area contributed by atoms with Crippen molar-refractivity contribution in [2.45, 2.75) is 26.3 Å². The molecule has 1 aromatic heterocycles. The number of hydrogen-bond acceptors (Lipinski definition) is 3. The van der Waals surface area contributed by atoms with E-state index in [1.165, 1.54) is 7.11 Å². The summed E-state index contributed by atoms with van der Waals surface area (Å²) >= 11 is 0. The normalized spacial score (nSPS) is 19.4. The van der Waals surface area contributed by atoms with E-state index in [1.54, 1.807) is 0 Å². The highest BCUT2D eigenvalue weighted by atomic mass is 16.5. The van der Waals surface area contributed by atoms with Crippen LogP contribution >= 0.6 is 0 Å². The molecule has 0 aromatic carbocycles. The Morgan fingerprint density at radius 1 is 1.44 bits per heavy atom. The lowest BCUT2D eigenvalue weighted by atomic mass is 9.94. The van der Waals surface area contributed by atoms with Crippen molar-refractivity contribution in [3.05, 3.63) is 22.5 Å². The SMILES string of the molecule is COC(=O)c1c(C2CCN2)c(C)n(C)c1C. The number of aromatic nitrogens is 1. The summed E-state index contributed by atoms with van der Waals surface area (Å²) in [4.78, 5) is 11.8. The number of ether oxygens (including phenoxy) is 1. The van der Waals surface area contributed by atoms with Crippen LogP contribution in [0.5, 0.6) is 0 Å². The number of esters is 1. The van der Waals surface area contributed by atoms with Crippen molar-refractivity contribution in [3.63, 3.8) is 0 Å². The van der Waals surface area contributed by atoms with E-state index in [0.29, 0.717) is 6.04 Å². The quantitative estimate of drug-likeness (QED) is 0.770. The van der Waals surface area contributed by atoms with Gasteiger partial charge in [0.05, 0.1) is 12.7 Å². The van der Waals surface area contributed by atoms with Gasteiger partial charge in [-0.3, -0.25) is 0 Å². The Morgan fingerprint density at radius 2 is 2.06 bits per heavy atom. The third-order valence-electron chi connectivity index (χ3n) is 3.59. The fourth-order valence-electron chi connectivity index (χ4n) is 2.30. The minimum absolute atomic E-state index is 0.232. The third-order valence-corrected chi connectivity index (χ3v) is 3.59. The van der Waals surface area contributed by atoms with Gasteiger partial charge >= 0.3 is 5.97 Å². The fourth-order valence-corrected chi connectivity index (χ4v) is 2.30. The average molecular weight is 222 g/mol. The largest absolute Gasteiger partial charge is 0.465 e. The Morgan fingerprint density at radius 3 is 2.50 bits per heavy atom. The van der Waals surface area contributed by atoms with E-state index < -0.39 is 0 Å². The molecular weight excluding hydrogens is 204 g/mol. The molecule has 1 atom stereocenters. The molecule has 0 spiro atoms. The van der Waals surface area contributed by atoms with E-state index in [4.69, 9.17) is 4.74 Å². The summed E-state index contributed by atoms with van der Waals surface area (Å²) in [5, 5.41) is 3.34. The Kier molecular flexibility index (Phi) is 2.76. The number of hydrogen-bond donors (Lipinski definition) is 1. The molecule has 0 saturated carbocycles.